The van der Waals surface area contributed by atoms with Gasteiger partial charge in [-0.2, -0.15) is 4.31 Å². The van der Waals surface area contributed by atoms with E-state index < -0.39 is 39.1 Å². The number of ether oxygens (including phenoxy) is 3. The molecule has 0 spiro atoms. The van der Waals surface area contributed by atoms with Crippen LogP contribution in [0.2, 0.25) is 0 Å². The average molecular weight is 493 g/mol. The van der Waals surface area contributed by atoms with Crippen molar-refractivity contribution in [1.82, 2.24) is 4.31 Å². The van der Waals surface area contributed by atoms with Gasteiger partial charge in [0, 0.05) is 24.8 Å². The van der Waals surface area contributed by atoms with E-state index in [-0.39, 0.29) is 35.0 Å². The Balaban J connectivity index is 1.66. The van der Waals surface area contributed by atoms with Gasteiger partial charge in [0.05, 0.1) is 35.7 Å². The molecule has 0 radical (unpaired) electrons. The fourth-order valence-electron chi connectivity index (χ4n) is 3.25. The van der Waals surface area contributed by atoms with Gasteiger partial charge in [-0.05, 0) is 36.8 Å². The number of esters is 1. The number of carbonyl (C=O) groups is 2. The number of nitrogens with one attached hydrogen (secondary N) is 1. The van der Waals surface area contributed by atoms with Gasteiger partial charge in [0.2, 0.25) is 10.0 Å². The molecule has 0 aliphatic carbocycles. The maximum Gasteiger partial charge on any atom is 0.338 e. The number of methoxy groups -OCH3 is 1. The number of aryl methyl sites for hydroxylation is 1. The summed E-state index contributed by atoms with van der Waals surface area (Å²) in [7, 11) is -2.52. The van der Waals surface area contributed by atoms with Crippen molar-refractivity contribution in [2.45, 2.75) is 11.8 Å². The van der Waals surface area contributed by atoms with Crippen molar-refractivity contribution in [2.24, 2.45) is 0 Å². The van der Waals surface area contributed by atoms with Gasteiger partial charge in [-0.15, -0.1) is 0 Å². The van der Waals surface area contributed by atoms with Gasteiger partial charge in [-0.3, -0.25) is 14.9 Å². The molecule has 3 rings (SSSR count). The first-order valence-electron chi connectivity index (χ1n) is 10.1. The van der Waals surface area contributed by atoms with Crippen LogP contribution in [0.5, 0.6) is 5.75 Å². The van der Waals surface area contributed by atoms with Gasteiger partial charge < -0.3 is 19.5 Å². The lowest BCUT2D eigenvalue weighted by atomic mass is 10.2. The highest BCUT2D eigenvalue weighted by atomic mass is 32.2. The number of nitro benzene ring substituents is 1. The van der Waals surface area contributed by atoms with Crippen molar-refractivity contribution in [3.63, 3.8) is 0 Å². The van der Waals surface area contributed by atoms with Gasteiger partial charge >= 0.3 is 11.7 Å². The molecular formula is C21H23N3O9S. The molecule has 1 heterocycles. The van der Waals surface area contributed by atoms with E-state index in [1.807, 2.05) is 0 Å². The maximum absolute atomic E-state index is 13.0. The van der Waals surface area contributed by atoms with Crippen molar-refractivity contribution in [2.75, 3.05) is 45.3 Å². The molecule has 0 bridgehead atoms. The molecule has 1 saturated heterocycles. The molecule has 0 unspecified atom stereocenters. The van der Waals surface area contributed by atoms with Gasteiger partial charge in [-0.1, -0.05) is 6.07 Å². The van der Waals surface area contributed by atoms with Gasteiger partial charge in [-0.25, -0.2) is 13.2 Å². The summed E-state index contributed by atoms with van der Waals surface area (Å²) in [6.07, 6.45) is 0. The minimum atomic E-state index is -3.78. The van der Waals surface area contributed by atoms with E-state index in [0.29, 0.717) is 18.8 Å². The zero-order valence-electron chi connectivity index (χ0n) is 18.5. The van der Waals surface area contributed by atoms with Crippen LogP contribution in [0.3, 0.4) is 0 Å². The second-order valence-electron chi connectivity index (χ2n) is 7.26. The Bertz CT molecular complexity index is 1210. The van der Waals surface area contributed by atoms with Crippen LogP contribution in [-0.2, 0) is 24.3 Å². The van der Waals surface area contributed by atoms with Crippen LogP contribution in [0.25, 0.3) is 0 Å². The fraction of sp³-hybridized carbons (Fsp3) is 0.333. The van der Waals surface area contributed by atoms with Crippen LogP contribution in [0.1, 0.15) is 15.9 Å². The minimum Gasteiger partial charge on any atom is -0.490 e. The molecule has 34 heavy (non-hydrogen) atoms. The van der Waals surface area contributed by atoms with E-state index >= 15 is 0 Å². The molecule has 182 valence electrons. The third-order valence-corrected chi connectivity index (χ3v) is 7.05. The van der Waals surface area contributed by atoms with Gasteiger partial charge in [0.1, 0.15) is 0 Å². The predicted octanol–water partition coefficient (Wildman–Crippen LogP) is 1.73. The first-order valence-corrected chi connectivity index (χ1v) is 11.6. The van der Waals surface area contributed by atoms with Crippen LogP contribution >= 0.6 is 0 Å². The lowest BCUT2D eigenvalue weighted by molar-refractivity contribution is -0.385. The van der Waals surface area contributed by atoms with Gasteiger partial charge in [0.15, 0.2) is 12.4 Å². The summed E-state index contributed by atoms with van der Waals surface area (Å²) < 4.78 is 42.3. The summed E-state index contributed by atoms with van der Waals surface area (Å²) in [4.78, 5) is 34.9. The fourth-order valence-corrected chi connectivity index (χ4v) is 4.91. The zero-order chi connectivity index (χ0) is 24.9. The normalized spacial score (nSPS) is 14.3. The van der Waals surface area contributed by atoms with E-state index in [2.05, 4.69) is 5.32 Å². The van der Waals surface area contributed by atoms with Crippen molar-refractivity contribution in [3.8, 4) is 5.75 Å². The average Bonchev–Trinajstić information content (AvgIpc) is 2.83. The van der Waals surface area contributed by atoms with E-state index in [1.165, 1.54) is 35.7 Å². The first-order chi connectivity index (χ1) is 16.1. The summed E-state index contributed by atoms with van der Waals surface area (Å²) >= 11 is 0. The summed E-state index contributed by atoms with van der Waals surface area (Å²) in [5.41, 5.74) is 0.167. The highest BCUT2D eigenvalue weighted by molar-refractivity contribution is 7.89. The molecule has 1 N–H and O–H groups in total. The predicted molar refractivity (Wildman–Crippen MR) is 119 cm³/mol. The topological polar surface area (TPSA) is 154 Å². The standard InChI is InChI=1S/C21H23N3O9S/c1-14-3-5-16(12-19(14)34(29,30)23-7-9-32-10-8-23)22-20(25)13-33-21(26)15-4-6-18(31-2)17(11-15)24(27)28/h3-6,11-12H,7-10,13H2,1-2H3,(H,22,25). The molecule has 1 fully saturated rings. The highest BCUT2D eigenvalue weighted by Crippen LogP contribution is 2.28. The number of hydrogen-bond donors (Lipinski definition) is 1. The Hall–Kier alpha value is -3.55. The number of carbonyl (C=O) groups excluding carboxylic acids is 2. The molecule has 1 amide bonds. The van der Waals surface area contributed by atoms with E-state index in [1.54, 1.807) is 13.0 Å². The lowest BCUT2D eigenvalue weighted by Crippen LogP contribution is -2.40. The third-order valence-electron chi connectivity index (χ3n) is 5.01. The SMILES string of the molecule is COc1ccc(C(=O)OCC(=O)Nc2ccc(C)c(S(=O)(=O)N3CCOCC3)c2)cc1[N+](=O)[O-]. The summed E-state index contributed by atoms with van der Waals surface area (Å²) in [5.74, 6) is -1.68. The lowest BCUT2D eigenvalue weighted by Gasteiger charge is -2.26. The molecule has 2 aromatic rings. The van der Waals surface area contributed by atoms with Crippen molar-refractivity contribution >= 4 is 33.3 Å². The number of nitro groups is 1. The largest absolute Gasteiger partial charge is 0.490 e. The Morgan fingerprint density at radius 1 is 1.18 bits per heavy atom. The summed E-state index contributed by atoms with van der Waals surface area (Å²) in [5, 5.41) is 13.6. The summed E-state index contributed by atoms with van der Waals surface area (Å²) in [6, 6.07) is 7.94. The van der Waals surface area contributed by atoms with Crippen molar-refractivity contribution in [3.05, 3.63) is 57.6 Å². The number of nitrogens with zero attached hydrogens (tertiary/aromatic N) is 2. The molecule has 0 saturated carbocycles. The Kier molecular flexibility index (Phi) is 7.81. The molecule has 12 nitrogen and oxygen atoms in total. The molecular weight excluding hydrogens is 470 g/mol. The van der Waals surface area contributed by atoms with E-state index in [0.717, 1.165) is 6.07 Å². The molecule has 1 aliphatic heterocycles. The molecule has 2 aromatic carbocycles. The second-order valence-corrected chi connectivity index (χ2v) is 9.17. The number of rotatable bonds is 8. The number of sulfonamides is 1. The van der Waals surface area contributed by atoms with E-state index in [4.69, 9.17) is 14.2 Å². The van der Waals surface area contributed by atoms with Crippen LogP contribution in [0.4, 0.5) is 11.4 Å². The number of amides is 1. The summed E-state index contributed by atoms with van der Waals surface area (Å²) in [6.45, 7) is 2.04. The Labute approximate surface area is 195 Å². The number of anilines is 1. The van der Waals surface area contributed by atoms with Crippen LogP contribution < -0.4 is 10.1 Å². The van der Waals surface area contributed by atoms with E-state index in [9.17, 15) is 28.1 Å². The van der Waals surface area contributed by atoms with Gasteiger partial charge in [0.25, 0.3) is 5.91 Å². The first kappa shape index (κ1) is 25.1. The van der Waals surface area contributed by atoms with Crippen LogP contribution in [0, 0.1) is 17.0 Å². The third kappa shape index (κ3) is 5.68. The smallest absolute Gasteiger partial charge is 0.338 e. The Morgan fingerprint density at radius 3 is 2.53 bits per heavy atom. The quantitative estimate of drug-likeness (QED) is 0.329. The Morgan fingerprint density at radius 2 is 1.88 bits per heavy atom. The molecule has 0 aromatic heterocycles. The molecule has 13 heteroatoms. The number of morpholine rings is 1. The monoisotopic (exact) mass is 493 g/mol. The van der Waals surface area contributed by atoms with Crippen molar-refractivity contribution < 1.29 is 37.1 Å². The number of hydrogen-bond acceptors (Lipinski definition) is 9. The molecule has 1 aliphatic rings. The minimum absolute atomic E-state index is 0.0264. The molecule has 0 atom stereocenters. The highest BCUT2D eigenvalue weighted by Gasteiger charge is 2.28. The van der Waals surface area contributed by atoms with Crippen molar-refractivity contribution in [1.29, 1.82) is 0 Å². The van der Waals surface area contributed by atoms with Crippen LogP contribution in [-0.4, -0.2) is 69.5 Å². The maximum atomic E-state index is 13.0. The second kappa shape index (κ2) is 10.6. The zero-order valence-corrected chi connectivity index (χ0v) is 19.3. The van der Waals surface area contributed by atoms with Crippen LogP contribution in [0.15, 0.2) is 41.3 Å². The number of benzene rings is 2.